The first-order chi connectivity index (χ1) is 8.24. The number of hydrogen-bond acceptors (Lipinski definition) is 4. The van der Waals surface area contributed by atoms with Crippen LogP contribution in [0, 0.1) is 0 Å². The molecule has 88 valence electrons. The number of rotatable bonds is 4. The van der Waals surface area contributed by atoms with Crippen molar-refractivity contribution in [2.24, 2.45) is 0 Å². The van der Waals surface area contributed by atoms with Gasteiger partial charge in [-0.3, -0.25) is 4.90 Å². The van der Waals surface area contributed by atoms with Gasteiger partial charge in [-0.05, 0) is 30.8 Å². The summed E-state index contributed by atoms with van der Waals surface area (Å²) in [5, 5.41) is 0. The molecule has 0 aliphatic heterocycles. The highest BCUT2D eigenvalue weighted by Crippen LogP contribution is 2.08. The molecule has 0 aliphatic rings. The third-order valence-electron chi connectivity index (χ3n) is 2.46. The molecule has 0 unspecified atom stereocenters. The molecule has 0 radical (unpaired) electrons. The van der Waals surface area contributed by atoms with Crippen molar-refractivity contribution in [2.45, 2.75) is 13.1 Å². The fourth-order valence-electron chi connectivity index (χ4n) is 1.64. The Morgan fingerprint density at radius 3 is 2.35 bits per heavy atom. The molecule has 2 aromatic rings. The van der Waals surface area contributed by atoms with E-state index < -0.39 is 0 Å². The van der Waals surface area contributed by atoms with E-state index in [0.29, 0.717) is 0 Å². The van der Waals surface area contributed by atoms with Gasteiger partial charge in [0.25, 0.3) is 0 Å². The predicted molar refractivity (Wildman–Crippen MR) is 68.1 cm³/mol. The summed E-state index contributed by atoms with van der Waals surface area (Å²) in [7, 11) is 2.05. The highest BCUT2D eigenvalue weighted by molar-refractivity contribution is 5.39. The lowest BCUT2D eigenvalue weighted by molar-refractivity contribution is 0.310. The molecule has 4 nitrogen and oxygen atoms in total. The van der Waals surface area contributed by atoms with Crippen molar-refractivity contribution in [1.29, 1.82) is 0 Å². The van der Waals surface area contributed by atoms with Gasteiger partial charge in [0.05, 0.1) is 6.54 Å². The van der Waals surface area contributed by atoms with E-state index in [0.717, 1.165) is 24.6 Å². The van der Waals surface area contributed by atoms with Crippen LogP contribution in [0.4, 0.5) is 5.69 Å². The zero-order valence-corrected chi connectivity index (χ0v) is 9.87. The first-order valence-corrected chi connectivity index (χ1v) is 5.53. The average molecular weight is 228 g/mol. The normalized spacial score (nSPS) is 10.7. The van der Waals surface area contributed by atoms with Crippen LogP contribution in [0.3, 0.4) is 0 Å². The van der Waals surface area contributed by atoms with Crippen LogP contribution in [-0.4, -0.2) is 21.9 Å². The highest BCUT2D eigenvalue weighted by Gasteiger charge is 2.03. The molecule has 2 rings (SSSR count). The number of anilines is 1. The van der Waals surface area contributed by atoms with E-state index in [2.05, 4.69) is 14.9 Å². The van der Waals surface area contributed by atoms with E-state index in [-0.39, 0.29) is 0 Å². The minimum Gasteiger partial charge on any atom is -0.399 e. The number of nitrogen functional groups attached to an aromatic ring is 1. The van der Waals surface area contributed by atoms with Crippen molar-refractivity contribution in [3.05, 3.63) is 54.1 Å². The summed E-state index contributed by atoms with van der Waals surface area (Å²) in [6, 6.07) is 9.74. The maximum atomic E-state index is 5.65. The quantitative estimate of drug-likeness (QED) is 0.809. The molecule has 0 saturated carbocycles. The van der Waals surface area contributed by atoms with Gasteiger partial charge in [0.2, 0.25) is 0 Å². The number of aromatic nitrogens is 2. The standard InChI is InChI=1S/C13H16N4/c1-17(10-13-15-7-2-8-16-13)9-11-3-5-12(14)6-4-11/h2-8H,9-10,14H2,1H3. The van der Waals surface area contributed by atoms with Crippen molar-refractivity contribution in [2.75, 3.05) is 12.8 Å². The van der Waals surface area contributed by atoms with E-state index in [1.807, 2.05) is 37.4 Å². The highest BCUT2D eigenvalue weighted by atomic mass is 15.1. The number of benzene rings is 1. The summed E-state index contributed by atoms with van der Waals surface area (Å²) in [4.78, 5) is 10.6. The minimum atomic E-state index is 0.741. The van der Waals surface area contributed by atoms with E-state index >= 15 is 0 Å². The minimum absolute atomic E-state index is 0.741. The van der Waals surface area contributed by atoms with Gasteiger partial charge in [0.15, 0.2) is 0 Å². The molecule has 1 aromatic carbocycles. The van der Waals surface area contributed by atoms with Gasteiger partial charge >= 0.3 is 0 Å². The zero-order valence-electron chi connectivity index (χ0n) is 9.87. The second-order valence-electron chi connectivity index (χ2n) is 4.08. The summed E-state index contributed by atoms with van der Waals surface area (Å²) < 4.78 is 0. The van der Waals surface area contributed by atoms with Crippen LogP contribution in [0.1, 0.15) is 11.4 Å². The fraction of sp³-hybridized carbons (Fsp3) is 0.231. The molecule has 0 spiro atoms. The average Bonchev–Trinajstić information content (AvgIpc) is 2.33. The Bertz CT molecular complexity index is 453. The van der Waals surface area contributed by atoms with Crippen LogP contribution in [0.15, 0.2) is 42.7 Å². The molecular formula is C13H16N4. The third-order valence-corrected chi connectivity index (χ3v) is 2.46. The summed E-state index contributed by atoms with van der Waals surface area (Å²) in [6.45, 7) is 1.60. The molecule has 0 atom stereocenters. The molecule has 1 heterocycles. The smallest absolute Gasteiger partial charge is 0.142 e. The Labute approximate surface area is 101 Å². The van der Waals surface area contributed by atoms with Crippen molar-refractivity contribution in [1.82, 2.24) is 14.9 Å². The largest absolute Gasteiger partial charge is 0.399 e. The Morgan fingerprint density at radius 1 is 1.06 bits per heavy atom. The molecule has 4 heteroatoms. The van der Waals surface area contributed by atoms with Crippen LogP contribution in [0.25, 0.3) is 0 Å². The molecule has 0 amide bonds. The molecule has 0 bridgehead atoms. The van der Waals surface area contributed by atoms with Gasteiger partial charge in [0, 0.05) is 24.6 Å². The number of nitrogens with two attached hydrogens (primary N) is 1. The third kappa shape index (κ3) is 3.53. The van der Waals surface area contributed by atoms with Crippen molar-refractivity contribution < 1.29 is 0 Å². The van der Waals surface area contributed by atoms with Crippen LogP contribution in [-0.2, 0) is 13.1 Å². The molecule has 0 aliphatic carbocycles. The first kappa shape index (κ1) is 11.5. The fourth-order valence-corrected chi connectivity index (χ4v) is 1.64. The van der Waals surface area contributed by atoms with Crippen LogP contribution >= 0.6 is 0 Å². The first-order valence-electron chi connectivity index (χ1n) is 5.53. The van der Waals surface area contributed by atoms with Crippen LogP contribution < -0.4 is 5.73 Å². The number of nitrogens with zero attached hydrogens (tertiary/aromatic N) is 3. The summed E-state index contributed by atoms with van der Waals surface area (Å²) >= 11 is 0. The van der Waals surface area contributed by atoms with Gasteiger partial charge in [0.1, 0.15) is 5.82 Å². The van der Waals surface area contributed by atoms with Gasteiger partial charge in [-0.25, -0.2) is 9.97 Å². The Kier molecular flexibility index (Phi) is 3.67. The van der Waals surface area contributed by atoms with Gasteiger partial charge < -0.3 is 5.73 Å². The monoisotopic (exact) mass is 228 g/mol. The zero-order chi connectivity index (χ0) is 12.1. The van der Waals surface area contributed by atoms with E-state index in [1.165, 1.54) is 5.56 Å². The lowest BCUT2D eigenvalue weighted by Gasteiger charge is -2.15. The van der Waals surface area contributed by atoms with Gasteiger partial charge in [-0.2, -0.15) is 0 Å². The lowest BCUT2D eigenvalue weighted by Crippen LogP contribution is -2.18. The van der Waals surface area contributed by atoms with Gasteiger partial charge in [-0.15, -0.1) is 0 Å². The SMILES string of the molecule is CN(Cc1ccc(N)cc1)Cc1ncccn1. The van der Waals surface area contributed by atoms with E-state index in [1.54, 1.807) is 12.4 Å². The maximum Gasteiger partial charge on any atom is 0.142 e. The number of hydrogen-bond donors (Lipinski definition) is 1. The van der Waals surface area contributed by atoms with Crippen LogP contribution in [0.2, 0.25) is 0 Å². The predicted octanol–water partition coefficient (Wildman–Crippen LogP) is 1.69. The van der Waals surface area contributed by atoms with Crippen molar-refractivity contribution in [3.8, 4) is 0 Å². The summed E-state index contributed by atoms with van der Waals surface area (Å²) in [5.41, 5.74) is 7.68. The summed E-state index contributed by atoms with van der Waals surface area (Å²) in [5.74, 6) is 0.838. The topological polar surface area (TPSA) is 55.0 Å². The van der Waals surface area contributed by atoms with E-state index in [4.69, 9.17) is 5.73 Å². The lowest BCUT2D eigenvalue weighted by atomic mass is 10.2. The van der Waals surface area contributed by atoms with Crippen molar-refractivity contribution >= 4 is 5.69 Å². The molecular weight excluding hydrogens is 212 g/mol. The Morgan fingerprint density at radius 2 is 1.71 bits per heavy atom. The second-order valence-corrected chi connectivity index (χ2v) is 4.08. The van der Waals surface area contributed by atoms with Crippen molar-refractivity contribution in [3.63, 3.8) is 0 Å². The molecule has 0 saturated heterocycles. The summed E-state index contributed by atoms with van der Waals surface area (Å²) in [6.07, 6.45) is 3.53. The van der Waals surface area contributed by atoms with E-state index in [9.17, 15) is 0 Å². The Balaban J connectivity index is 1.93. The Hall–Kier alpha value is -1.94. The second kappa shape index (κ2) is 5.41. The van der Waals surface area contributed by atoms with Gasteiger partial charge in [-0.1, -0.05) is 12.1 Å². The van der Waals surface area contributed by atoms with Crippen LogP contribution in [0.5, 0.6) is 0 Å². The molecule has 17 heavy (non-hydrogen) atoms. The molecule has 2 N–H and O–H groups in total. The maximum absolute atomic E-state index is 5.65. The molecule has 1 aromatic heterocycles. The molecule has 0 fully saturated rings.